The molecule has 0 spiro atoms. The van der Waals surface area contributed by atoms with Crippen LogP contribution in [-0.2, 0) is 23.3 Å². The van der Waals surface area contributed by atoms with Crippen molar-refractivity contribution in [2.24, 2.45) is 13.0 Å². The molecule has 2 N–H and O–H groups in total. The summed E-state index contributed by atoms with van der Waals surface area (Å²) in [5.41, 5.74) is 2.49. The van der Waals surface area contributed by atoms with Gasteiger partial charge in [0.1, 0.15) is 5.82 Å². The summed E-state index contributed by atoms with van der Waals surface area (Å²) in [6.07, 6.45) is 2.65. The number of anilines is 1. The first-order valence-corrected chi connectivity index (χ1v) is 9.52. The first-order chi connectivity index (χ1) is 10.7. The van der Waals surface area contributed by atoms with Crippen molar-refractivity contribution in [3.8, 4) is 0 Å². The standard InChI is InChI=1S/C17H28N4OS/c1-16(2)7-11(8-17(3,4)20-16)6-14(22)18-15-12-9-23-10-13(12)19-21(15)5/h11,20H,6-10H2,1-5H3,(H,18,22). The average Bonchev–Trinajstić information content (AvgIpc) is 2.88. The van der Waals surface area contributed by atoms with Crippen molar-refractivity contribution in [2.75, 3.05) is 5.32 Å². The molecule has 0 saturated carbocycles. The van der Waals surface area contributed by atoms with Gasteiger partial charge in [-0.1, -0.05) is 0 Å². The Hall–Kier alpha value is -1.01. The van der Waals surface area contributed by atoms with Crippen LogP contribution in [-0.4, -0.2) is 26.8 Å². The molecule has 0 bridgehead atoms. The van der Waals surface area contributed by atoms with Gasteiger partial charge in [0.25, 0.3) is 0 Å². The number of carbonyl (C=O) groups is 1. The lowest BCUT2D eigenvalue weighted by Crippen LogP contribution is -2.58. The SMILES string of the molecule is Cn1nc2c(c1NC(=O)CC1CC(C)(C)NC(C)(C)C1)CSC2. The van der Waals surface area contributed by atoms with Crippen molar-refractivity contribution in [2.45, 2.75) is 69.5 Å². The second-order valence-electron chi connectivity index (χ2n) is 8.31. The molecule has 1 amide bonds. The lowest BCUT2D eigenvalue weighted by molar-refractivity contribution is -0.117. The van der Waals surface area contributed by atoms with E-state index in [1.54, 1.807) is 0 Å². The number of fused-ring (bicyclic) bond motifs is 1. The minimum Gasteiger partial charge on any atom is -0.311 e. The summed E-state index contributed by atoms with van der Waals surface area (Å²) in [6.45, 7) is 8.90. The van der Waals surface area contributed by atoms with Crippen molar-refractivity contribution in [3.05, 3.63) is 11.3 Å². The quantitative estimate of drug-likeness (QED) is 0.891. The molecule has 0 radical (unpaired) electrons. The van der Waals surface area contributed by atoms with Crippen molar-refractivity contribution >= 4 is 23.5 Å². The van der Waals surface area contributed by atoms with Crippen molar-refractivity contribution in [1.29, 1.82) is 0 Å². The van der Waals surface area contributed by atoms with Gasteiger partial charge >= 0.3 is 0 Å². The summed E-state index contributed by atoms with van der Waals surface area (Å²) >= 11 is 1.86. The highest BCUT2D eigenvalue weighted by Crippen LogP contribution is 2.36. The van der Waals surface area contributed by atoms with Crippen LogP contribution in [0.3, 0.4) is 0 Å². The Morgan fingerprint density at radius 3 is 2.61 bits per heavy atom. The molecule has 128 valence electrons. The van der Waals surface area contributed by atoms with Gasteiger partial charge in [-0.15, -0.1) is 0 Å². The summed E-state index contributed by atoms with van der Waals surface area (Å²) in [6, 6.07) is 0. The van der Waals surface area contributed by atoms with Crippen LogP contribution < -0.4 is 10.6 Å². The first kappa shape index (κ1) is 16.8. The summed E-state index contributed by atoms with van der Waals surface area (Å²) < 4.78 is 1.82. The van der Waals surface area contributed by atoms with E-state index in [4.69, 9.17) is 0 Å². The Kier molecular flexibility index (Phi) is 4.25. The number of piperidine rings is 1. The normalized spacial score (nSPS) is 22.8. The number of carbonyl (C=O) groups excluding carboxylic acids is 1. The highest BCUT2D eigenvalue weighted by Gasteiger charge is 2.38. The van der Waals surface area contributed by atoms with E-state index in [2.05, 4.69) is 43.4 Å². The van der Waals surface area contributed by atoms with Gasteiger partial charge in [0.05, 0.1) is 5.69 Å². The predicted octanol–water partition coefficient (Wildman–Crippen LogP) is 3.05. The Morgan fingerprint density at radius 2 is 1.96 bits per heavy atom. The fourth-order valence-electron chi connectivity index (χ4n) is 4.42. The molecule has 1 aromatic heterocycles. The van der Waals surface area contributed by atoms with Gasteiger partial charge in [0, 0.05) is 41.6 Å². The molecule has 1 saturated heterocycles. The Balaban J connectivity index is 1.66. The van der Waals surface area contributed by atoms with Gasteiger partial charge in [-0.05, 0) is 46.5 Å². The third-order valence-corrected chi connectivity index (χ3v) is 5.69. The molecule has 1 aromatic rings. The molecular formula is C17H28N4OS. The van der Waals surface area contributed by atoms with Gasteiger partial charge in [-0.2, -0.15) is 16.9 Å². The minimum atomic E-state index is 0.0805. The average molecular weight is 337 g/mol. The summed E-state index contributed by atoms with van der Waals surface area (Å²) in [5.74, 6) is 3.33. The van der Waals surface area contributed by atoms with Crippen molar-refractivity contribution in [1.82, 2.24) is 15.1 Å². The summed E-state index contributed by atoms with van der Waals surface area (Å²) in [5, 5.41) is 11.3. The van der Waals surface area contributed by atoms with Crippen LogP contribution in [0.2, 0.25) is 0 Å². The van der Waals surface area contributed by atoms with Crippen molar-refractivity contribution in [3.63, 3.8) is 0 Å². The smallest absolute Gasteiger partial charge is 0.225 e. The largest absolute Gasteiger partial charge is 0.311 e. The molecule has 2 aliphatic rings. The Morgan fingerprint density at radius 1 is 1.30 bits per heavy atom. The van der Waals surface area contributed by atoms with E-state index in [1.807, 2.05) is 23.5 Å². The zero-order valence-corrected chi connectivity index (χ0v) is 15.6. The van der Waals surface area contributed by atoms with Gasteiger partial charge in [-0.25, -0.2) is 0 Å². The molecule has 0 aliphatic carbocycles. The van der Waals surface area contributed by atoms with Gasteiger partial charge in [0.2, 0.25) is 5.91 Å². The van der Waals surface area contributed by atoms with E-state index in [0.717, 1.165) is 35.9 Å². The molecule has 3 rings (SSSR count). The maximum absolute atomic E-state index is 12.6. The van der Waals surface area contributed by atoms with Gasteiger partial charge in [0.15, 0.2) is 0 Å². The fraction of sp³-hybridized carbons (Fsp3) is 0.765. The number of amides is 1. The summed E-state index contributed by atoms with van der Waals surface area (Å²) in [7, 11) is 1.91. The lowest BCUT2D eigenvalue weighted by atomic mass is 9.74. The lowest BCUT2D eigenvalue weighted by Gasteiger charge is -2.46. The second-order valence-corrected chi connectivity index (χ2v) is 9.30. The van der Waals surface area contributed by atoms with E-state index in [0.29, 0.717) is 12.3 Å². The molecule has 5 nitrogen and oxygen atoms in total. The van der Waals surface area contributed by atoms with Crippen molar-refractivity contribution < 1.29 is 4.79 Å². The highest BCUT2D eigenvalue weighted by molar-refractivity contribution is 7.98. The summed E-state index contributed by atoms with van der Waals surface area (Å²) in [4.78, 5) is 12.6. The zero-order valence-electron chi connectivity index (χ0n) is 14.8. The molecular weight excluding hydrogens is 308 g/mol. The number of hydrogen-bond donors (Lipinski definition) is 2. The van der Waals surface area contributed by atoms with Gasteiger partial charge in [-0.3, -0.25) is 9.48 Å². The molecule has 23 heavy (non-hydrogen) atoms. The van der Waals surface area contributed by atoms with E-state index >= 15 is 0 Å². The number of rotatable bonds is 3. The first-order valence-electron chi connectivity index (χ1n) is 8.37. The molecule has 0 aromatic carbocycles. The predicted molar refractivity (Wildman–Crippen MR) is 95.5 cm³/mol. The maximum Gasteiger partial charge on any atom is 0.225 e. The molecule has 2 aliphatic heterocycles. The Bertz CT molecular complexity index is 604. The second kappa shape index (κ2) is 5.81. The number of aryl methyl sites for hydroxylation is 1. The number of thioether (sulfide) groups is 1. The highest BCUT2D eigenvalue weighted by atomic mass is 32.2. The van der Waals surface area contributed by atoms with Crippen LogP contribution in [0.4, 0.5) is 5.82 Å². The van der Waals surface area contributed by atoms with E-state index < -0.39 is 0 Å². The molecule has 3 heterocycles. The number of nitrogens with one attached hydrogen (secondary N) is 2. The number of nitrogens with zero attached hydrogens (tertiary/aromatic N) is 2. The van der Waals surface area contributed by atoms with E-state index in [-0.39, 0.29) is 17.0 Å². The van der Waals surface area contributed by atoms with Crippen LogP contribution >= 0.6 is 11.8 Å². The van der Waals surface area contributed by atoms with Crippen LogP contribution in [0.1, 0.15) is 58.2 Å². The third kappa shape index (κ3) is 3.74. The fourth-order valence-corrected chi connectivity index (χ4v) is 5.46. The van der Waals surface area contributed by atoms with Crippen LogP contribution in [0.5, 0.6) is 0 Å². The topological polar surface area (TPSA) is 59.0 Å². The zero-order chi connectivity index (χ0) is 16.8. The third-order valence-electron chi connectivity index (χ3n) is 4.72. The van der Waals surface area contributed by atoms with Gasteiger partial charge < -0.3 is 10.6 Å². The van der Waals surface area contributed by atoms with Crippen LogP contribution in [0.15, 0.2) is 0 Å². The van der Waals surface area contributed by atoms with Crippen LogP contribution in [0.25, 0.3) is 0 Å². The van der Waals surface area contributed by atoms with E-state index in [1.165, 1.54) is 5.56 Å². The minimum absolute atomic E-state index is 0.0805. The van der Waals surface area contributed by atoms with E-state index in [9.17, 15) is 4.79 Å². The number of aromatic nitrogens is 2. The Labute approximate surface area is 143 Å². The molecule has 0 atom stereocenters. The number of hydrogen-bond acceptors (Lipinski definition) is 4. The molecule has 1 fully saturated rings. The molecule has 0 unspecified atom stereocenters. The monoisotopic (exact) mass is 336 g/mol. The molecule has 6 heteroatoms. The van der Waals surface area contributed by atoms with Crippen LogP contribution in [0, 0.1) is 5.92 Å². The maximum atomic E-state index is 12.6.